The number of nitrogens with zero attached hydrogens (tertiary/aromatic N) is 3. The maximum atomic E-state index is 12.5. The van der Waals surface area contributed by atoms with Crippen LogP contribution in [0, 0.1) is 11.3 Å². The fraction of sp³-hybridized carbons (Fsp3) is 0.333. The van der Waals surface area contributed by atoms with E-state index in [4.69, 9.17) is 0 Å². The summed E-state index contributed by atoms with van der Waals surface area (Å²) in [6, 6.07) is 9.51. The Morgan fingerprint density at radius 3 is 2.97 bits per heavy atom. The van der Waals surface area contributed by atoms with Crippen LogP contribution in [0.25, 0.3) is 10.9 Å². The number of benzene rings is 1. The van der Waals surface area contributed by atoms with Gasteiger partial charge in [-0.15, -0.1) is 11.3 Å². The topological polar surface area (TPSA) is 87.8 Å². The molecule has 1 aliphatic carbocycles. The molecule has 0 spiro atoms. The fourth-order valence-electron chi connectivity index (χ4n) is 3.52. The van der Waals surface area contributed by atoms with Crippen LogP contribution in [0.3, 0.4) is 0 Å². The third kappa shape index (κ3) is 3.93. The number of amides is 1. The van der Waals surface area contributed by atoms with E-state index in [1.54, 1.807) is 13.1 Å². The van der Waals surface area contributed by atoms with Crippen LogP contribution in [0.1, 0.15) is 35.3 Å². The number of fused-ring (bicyclic) bond motifs is 2. The van der Waals surface area contributed by atoms with Crippen molar-refractivity contribution in [3.8, 4) is 6.07 Å². The van der Waals surface area contributed by atoms with Gasteiger partial charge in [-0.05, 0) is 43.4 Å². The zero-order valence-corrected chi connectivity index (χ0v) is 17.7. The Labute approximate surface area is 176 Å². The molecule has 1 aliphatic rings. The van der Waals surface area contributed by atoms with Crippen LogP contribution < -0.4 is 10.9 Å². The van der Waals surface area contributed by atoms with Crippen molar-refractivity contribution in [1.29, 1.82) is 5.26 Å². The Kier molecular flexibility index (Phi) is 5.69. The van der Waals surface area contributed by atoms with Gasteiger partial charge < -0.3 is 5.32 Å². The number of thioether (sulfide) groups is 1. The Morgan fingerprint density at radius 1 is 1.34 bits per heavy atom. The molecule has 0 aliphatic heterocycles. The molecule has 4 rings (SSSR count). The van der Waals surface area contributed by atoms with E-state index in [9.17, 15) is 14.9 Å². The summed E-state index contributed by atoms with van der Waals surface area (Å²) in [7, 11) is 1.69. The number of nitriles is 1. The highest BCUT2D eigenvalue weighted by molar-refractivity contribution is 7.99. The van der Waals surface area contributed by atoms with Crippen molar-refractivity contribution in [2.45, 2.75) is 37.3 Å². The monoisotopic (exact) mass is 424 g/mol. The van der Waals surface area contributed by atoms with Gasteiger partial charge in [-0.3, -0.25) is 14.2 Å². The molecule has 8 heteroatoms. The summed E-state index contributed by atoms with van der Waals surface area (Å²) in [6.07, 6.45) is 4.42. The van der Waals surface area contributed by atoms with Gasteiger partial charge in [-0.2, -0.15) is 5.26 Å². The number of carbonyl (C=O) groups excluding carboxylic acids is 1. The number of para-hydroxylation sites is 1. The van der Waals surface area contributed by atoms with Crippen molar-refractivity contribution in [3.63, 3.8) is 0 Å². The van der Waals surface area contributed by atoms with Gasteiger partial charge in [0.05, 0.1) is 16.5 Å². The zero-order valence-electron chi connectivity index (χ0n) is 16.0. The maximum absolute atomic E-state index is 12.5. The predicted molar refractivity (Wildman–Crippen MR) is 117 cm³/mol. The van der Waals surface area contributed by atoms with Crippen molar-refractivity contribution in [1.82, 2.24) is 9.55 Å². The minimum Gasteiger partial charge on any atom is -0.317 e. The molecule has 1 amide bonds. The minimum atomic E-state index is -0.126. The molecule has 0 unspecified atom stereocenters. The second-order valence-electron chi connectivity index (χ2n) is 6.95. The van der Waals surface area contributed by atoms with Gasteiger partial charge in [-0.1, -0.05) is 23.9 Å². The standard InChI is InChI=1S/C21H20N4O2S2/c1-25-20(27)14-7-2-4-8-16(14)23-21(25)28-11-10-18(26)24-19-15(12-22)13-6-3-5-9-17(13)29-19/h2,4,7-8H,3,5-6,9-11H2,1H3,(H,24,26). The highest BCUT2D eigenvalue weighted by Gasteiger charge is 2.21. The zero-order chi connectivity index (χ0) is 20.4. The summed E-state index contributed by atoms with van der Waals surface area (Å²) >= 11 is 2.91. The molecule has 0 saturated heterocycles. The Balaban J connectivity index is 1.42. The van der Waals surface area contributed by atoms with Gasteiger partial charge in [0.25, 0.3) is 5.56 Å². The first-order valence-electron chi connectivity index (χ1n) is 9.51. The van der Waals surface area contributed by atoms with E-state index in [-0.39, 0.29) is 17.9 Å². The number of hydrogen-bond acceptors (Lipinski definition) is 6. The molecule has 0 saturated carbocycles. The number of nitrogens with one attached hydrogen (secondary N) is 1. The molecule has 3 aromatic rings. The van der Waals surface area contributed by atoms with Crippen molar-refractivity contribution < 1.29 is 4.79 Å². The summed E-state index contributed by atoms with van der Waals surface area (Å²) in [5.74, 6) is 0.371. The first kappa shape index (κ1) is 19.7. The lowest BCUT2D eigenvalue weighted by Gasteiger charge is -2.09. The van der Waals surface area contributed by atoms with E-state index < -0.39 is 0 Å². The molecule has 2 aromatic heterocycles. The van der Waals surface area contributed by atoms with Crippen molar-refractivity contribution >= 4 is 44.9 Å². The molecule has 0 bridgehead atoms. The molecule has 0 atom stereocenters. The molecule has 148 valence electrons. The summed E-state index contributed by atoms with van der Waals surface area (Å²) in [6.45, 7) is 0. The molecule has 1 aromatic carbocycles. The highest BCUT2D eigenvalue weighted by Crippen LogP contribution is 2.37. The Morgan fingerprint density at radius 2 is 2.14 bits per heavy atom. The van der Waals surface area contributed by atoms with E-state index in [1.807, 2.05) is 18.2 Å². The van der Waals surface area contributed by atoms with Gasteiger partial charge in [0.1, 0.15) is 11.1 Å². The Bertz CT molecular complexity index is 1190. The number of rotatable bonds is 5. The molecule has 0 fully saturated rings. The number of thiophene rings is 1. The van der Waals surface area contributed by atoms with Gasteiger partial charge in [0.2, 0.25) is 5.91 Å². The van der Waals surface area contributed by atoms with Crippen LogP contribution >= 0.6 is 23.1 Å². The normalized spacial score (nSPS) is 13.1. The molecular weight excluding hydrogens is 404 g/mol. The Hall–Kier alpha value is -2.63. The largest absolute Gasteiger partial charge is 0.317 e. The van der Waals surface area contributed by atoms with E-state index in [1.165, 1.54) is 32.5 Å². The molecule has 29 heavy (non-hydrogen) atoms. The number of aryl methyl sites for hydroxylation is 1. The van der Waals surface area contributed by atoms with Crippen LogP contribution in [0.2, 0.25) is 0 Å². The first-order chi connectivity index (χ1) is 14.1. The smallest absolute Gasteiger partial charge is 0.261 e. The van der Waals surface area contributed by atoms with Crippen LogP contribution in [0.5, 0.6) is 0 Å². The lowest BCUT2D eigenvalue weighted by Crippen LogP contribution is -2.20. The number of carbonyl (C=O) groups is 1. The lowest BCUT2D eigenvalue weighted by molar-refractivity contribution is -0.115. The van der Waals surface area contributed by atoms with Gasteiger partial charge in [0, 0.05) is 24.1 Å². The summed E-state index contributed by atoms with van der Waals surface area (Å²) in [5, 5.41) is 14.3. The average Bonchev–Trinajstić information content (AvgIpc) is 3.08. The van der Waals surface area contributed by atoms with E-state index in [0.717, 1.165) is 31.2 Å². The highest BCUT2D eigenvalue weighted by atomic mass is 32.2. The summed E-state index contributed by atoms with van der Waals surface area (Å²) in [5.41, 5.74) is 2.31. The average molecular weight is 425 g/mol. The van der Waals surface area contributed by atoms with Gasteiger partial charge in [-0.25, -0.2) is 4.98 Å². The quantitative estimate of drug-likeness (QED) is 0.496. The van der Waals surface area contributed by atoms with Crippen LogP contribution in [0.15, 0.2) is 34.2 Å². The summed E-state index contributed by atoms with van der Waals surface area (Å²) < 4.78 is 1.52. The third-order valence-electron chi connectivity index (χ3n) is 5.04. The van der Waals surface area contributed by atoms with Crippen LogP contribution in [-0.4, -0.2) is 21.2 Å². The van der Waals surface area contributed by atoms with Crippen LogP contribution in [-0.2, 0) is 24.7 Å². The number of hydrogen-bond donors (Lipinski definition) is 1. The van der Waals surface area contributed by atoms with Gasteiger partial charge in [0.15, 0.2) is 5.16 Å². The fourth-order valence-corrected chi connectivity index (χ4v) is 5.69. The molecule has 2 heterocycles. The summed E-state index contributed by atoms with van der Waals surface area (Å²) in [4.78, 5) is 30.7. The van der Waals surface area contributed by atoms with E-state index in [2.05, 4.69) is 16.4 Å². The number of aromatic nitrogens is 2. The predicted octanol–water partition coefficient (Wildman–Crippen LogP) is 3.87. The molecular formula is C21H20N4O2S2. The second-order valence-corrected chi connectivity index (χ2v) is 9.12. The number of anilines is 1. The van der Waals surface area contributed by atoms with Crippen molar-refractivity contribution in [2.75, 3.05) is 11.1 Å². The lowest BCUT2D eigenvalue weighted by atomic mass is 9.96. The maximum Gasteiger partial charge on any atom is 0.261 e. The molecule has 0 radical (unpaired) electrons. The van der Waals surface area contributed by atoms with E-state index >= 15 is 0 Å². The third-order valence-corrected chi connectivity index (χ3v) is 7.28. The molecule has 1 N–H and O–H groups in total. The molecule has 6 nitrogen and oxygen atoms in total. The van der Waals surface area contributed by atoms with E-state index in [0.29, 0.717) is 32.4 Å². The SMILES string of the molecule is Cn1c(SCCC(=O)Nc2sc3c(c2C#N)CCCC3)nc2ccccc2c1=O. The second kappa shape index (κ2) is 8.39. The first-order valence-corrected chi connectivity index (χ1v) is 11.3. The minimum absolute atomic E-state index is 0.0922. The van der Waals surface area contributed by atoms with Crippen LogP contribution in [0.4, 0.5) is 5.00 Å². The van der Waals surface area contributed by atoms with Crippen molar-refractivity contribution in [2.24, 2.45) is 7.05 Å². The van der Waals surface area contributed by atoms with Gasteiger partial charge >= 0.3 is 0 Å². The van der Waals surface area contributed by atoms with Crippen molar-refractivity contribution in [3.05, 3.63) is 50.6 Å².